The van der Waals surface area contributed by atoms with Gasteiger partial charge in [-0.3, -0.25) is 4.72 Å². The lowest BCUT2D eigenvalue weighted by Crippen LogP contribution is -2.46. The fourth-order valence-corrected chi connectivity index (χ4v) is 10.5. The quantitative estimate of drug-likeness (QED) is 0.0820. The standard InChI is InChI=1S/C49H53FN6O4S2/c1-34-31-44(21-22-45(34)51-40(23-26-54-24-8-25-54)33-61-43-11-5-4-6-12-43)62(59,60)52-39-17-19-41(20-18-39)55-27-29-56(30-28-55)42-10-7-9-37(32-42)47-46(49(57)58)35(2)53(3)48(47)36-13-15-38(50)16-14-36/h4-7,9-22,31-32,40,51-52H,8,23-30,33H2,1-3H3,(H,57,58)/t40-/m1/s1. The number of sulfonamides is 1. The summed E-state index contributed by atoms with van der Waals surface area (Å²) in [5, 5.41) is 14.0. The van der Waals surface area contributed by atoms with Crippen molar-refractivity contribution in [2.24, 2.45) is 7.05 Å². The number of aromatic nitrogens is 1. The number of halogens is 1. The lowest BCUT2D eigenvalue weighted by molar-refractivity contribution is 0.0696. The summed E-state index contributed by atoms with van der Waals surface area (Å²) in [7, 11) is -1.99. The molecule has 0 unspecified atom stereocenters. The molecule has 0 saturated carbocycles. The molecule has 2 saturated heterocycles. The molecule has 1 aromatic heterocycles. The van der Waals surface area contributed by atoms with Crippen molar-refractivity contribution >= 4 is 50.5 Å². The molecule has 2 aliphatic heterocycles. The Hall–Kier alpha value is -5.76. The SMILES string of the molecule is Cc1cc(S(=O)(=O)Nc2ccc(N3CCN(c4cccc(-c5c(C(=O)O)c(C)n(C)c5-c5ccc(F)cc5)c4)CC3)cc2)ccc1N[C@H](CCN1CCC1)CSc1ccccc1. The molecular formula is C49H53FN6O4S2. The van der Waals surface area contributed by atoms with Gasteiger partial charge in [0.2, 0.25) is 0 Å². The first-order valence-corrected chi connectivity index (χ1v) is 23.6. The van der Waals surface area contributed by atoms with Crippen LogP contribution in [0.2, 0.25) is 0 Å². The number of aryl methyl sites for hydroxylation is 1. The number of likely N-dealkylation sites (tertiary alicyclic amines) is 1. The number of benzene rings is 5. The minimum absolute atomic E-state index is 0.217. The Bertz CT molecular complexity index is 2630. The van der Waals surface area contributed by atoms with E-state index < -0.39 is 16.0 Å². The highest BCUT2D eigenvalue weighted by atomic mass is 32.2. The van der Waals surface area contributed by atoms with Crippen LogP contribution in [0, 0.1) is 19.7 Å². The van der Waals surface area contributed by atoms with Gasteiger partial charge in [-0.05, 0) is 147 Å². The van der Waals surface area contributed by atoms with Gasteiger partial charge in [-0.2, -0.15) is 0 Å². The zero-order valence-corrected chi connectivity index (χ0v) is 37.0. The van der Waals surface area contributed by atoms with Gasteiger partial charge in [0.1, 0.15) is 5.82 Å². The fraction of sp³-hybridized carbons (Fsp3) is 0.286. The van der Waals surface area contributed by atoms with Gasteiger partial charge in [-0.15, -0.1) is 11.8 Å². The normalized spacial score (nSPS) is 15.0. The Balaban J connectivity index is 0.898. The van der Waals surface area contributed by atoms with E-state index in [9.17, 15) is 22.7 Å². The van der Waals surface area contributed by atoms with Crippen LogP contribution in [0.15, 0.2) is 131 Å². The summed E-state index contributed by atoms with van der Waals surface area (Å²) in [5.74, 6) is -0.457. The van der Waals surface area contributed by atoms with E-state index in [4.69, 9.17) is 0 Å². The lowest BCUT2D eigenvalue weighted by atomic mass is 9.96. The molecule has 10 nitrogen and oxygen atoms in total. The van der Waals surface area contributed by atoms with Gasteiger partial charge in [0.25, 0.3) is 10.0 Å². The van der Waals surface area contributed by atoms with Gasteiger partial charge >= 0.3 is 5.97 Å². The van der Waals surface area contributed by atoms with Crippen molar-refractivity contribution in [3.05, 3.63) is 144 Å². The van der Waals surface area contributed by atoms with Crippen molar-refractivity contribution in [1.82, 2.24) is 9.47 Å². The summed E-state index contributed by atoms with van der Waals surface area (Å²) in [5.41, 5.74) is 7.98. The highest BCUT2D eigenvalue weighted by Gasteiger charge is 2.27. The van der Waals surface area contributed by atoms with Crippen molar-refractivity contribution in [3.63, 3.8) is 0 Å². The summed E-state index contributed by atoms with van der Waals surface area (Å²) in [6.45, 7) is 10.1. The van der Waals surface area contributed by atoms with Crippen molar-refractivity contribution in [2.75, 3.05) is 71.4 Å². The highest BCUT2D eigenvalue weighted by Crippen LogP contribution is 2.40. The van der Waals surface area contributed by atoms with Crippen molar-refractivity contribution < 1.29 is 22.7 Å². The predicted octanol–water partition coefficient (Wildman–Crippen LogP) is 9.61. The minimum atomic E-state index is -3.83. The second-order valence-corrected chi connectivity index (χ2v) is 18.9. The van der Waals surface area contributed by atoms with E-state index in [2.05, 4.69) is 49.0 Å². The highest BCUT2D eigenvalue weighted by molar-refractivity contribution is 7.99. The maximum atomic E-state index is 13.9. The average Bonchev–Trinajstić information content (AvgIpc) is 3.53. The molecule has 2 fully saturated rings. The first-order chi connectivity index (χ1) is 29.9. The van der Waals surface area contributed by atoms with E-state index in [1.54, 1.807) is 43.3 Å². The molecule has 0 radical (unpaired) electrons. The predicted molar refractivity (Wildman–Crippen MR) is 251 cm³/mol. The monoisotopic (exact) mass is 872 g/mol. The van der Waals surface area contributed by atoms with Gasteiger partial charge in [0.05, 0.1) is 16.2 Å². The largest absolute Gasteiger partial charge is 0.478 e. The van der Waals surface area contributed by atoms with Crippen LogP contribution in [0.3, 0.4) is 0 Å². The number of hydrogen-bond acceptors (Lipinski definition) is 8. The van der Waals surface area contributed by atoms with Crippen LogP contribution in [-0.2, 0) is 17.1 Å². The van der Waals surface area contributed by atoms with Gasteiger partial charge in [0.15, 0.2) is 0 Å². The number of carboxylic acid groups (broad SMARTS) is 1. The number of hydrogen-bond donors (Lipinski definition) is 3. The number of thioether (sulfide) groups is 1. The molecule has 0 amide bonds. The Morgan fingerprint density at radius 2 is 1.48 bits per heavy atom. The zero-order chi connectivity index (χ0) is 43.4. The molecule has 13 heteroatoms. The first-order valence-electron chi connectivity index (χ1n) is 21.1. The van der Waals surface area contributed by atoms with E-state index in [0.717, 1.165) is 97.4 Å². The second-order valence-electron chi connectivity index (χ2n) is 16.2. The van der Waals surface area contributed by atoms with E-state index in [0.29, 0.717) is 16.9 Å². The molecule has 3 heterocycles. The molecule has 3 N–H and O–H groups in total. The van der Waals surface area contributed by atoms with Crippen LogP contribution < -0.4 is 19.8 Å². The topological polar surface area (TPSA) is 110 Å². The van der Waals surface area contributed by atoms with E-state index >= 15 is 0 Å². The Morgan fingerprint density at radius 1 is 0.790 bits per heavy atom. The maximum Gasteiger partial charge on any atom is 0.338 e. The Labute approximate surface area is 368 Å². The molecule has 5 aromatic carbocycles. The second kappa shape index (κ2) is 18.7. The van der Waals surface area contributed by atoms with Gasteiger partial charge < -0.3 is 29.7 Å². The molecule has 2 aliphatic rings. The third kappa shape index (κ3) is 9.65. The Kier molecular flexibility index (Phi) is 12.9. The molecule has 1 atom stereocenters. The minimum Gasteiger partial charge on any atom is -0.478 e. The summed E-state index contributed by atoms with van der Waals surface area (Å²) in [4.78, 5) is 21.1. The van der Waals surface area contributed by atoms with Crippen LogP contribution in [0.1, 0.15) is 34.5 Å². The number of anilines is 4. The summed E-state index contributed by atoms with van der Waals surface area (Å²) >= 11 is 1.83. The van der Waals surface area contributed by atoms with Gasteiger partial charge in [-0.1, -0.05) is 30.3 Å². The molecule has 6 aromatic rings. The van der Waals surface area contributed by atoms with Crippen molar-refractivity contribution in [1.29, 1.82) is 0 Å². The third-order valence-electron chi connectivity index (χ3n) is 12.1. The molecule has 0 aliphatic carbocycles. The third-order valence-corrected chi connectivity index (χ3v) is 14.6. The van der Waals surface area contributed by atoms with Crippen LogP contribution in [-0.4, -0.2) is 86.6 Å². The van der Waals surface area contributed by atoms with Crippen LogP contribution in [0.5, 0.6) is 0 Å². The van der Waals surface area contributed by atoms with Crippen molar-refractivity contribution in [2.45, 2.75) is 42.5 Å². The van der Waals surface area contributed by atoms with E-state index in [1.165, 1.54) is 23.4 Å². The molecule has 0 bridgehead atoms. The number of nitrogens with one attached hydrogen (secondary N) is 2. The van der Waals surface area contributed by atoms with E-state index in [-0.39, 0.29) is 22.3 Å². The molecule has 8 rings (SSSR count). The number of nitrogens with zero attached hydrogens (tertiary/aromatic N) is 4. The molecule has 0 spiro atoms. The number of aromatic carboxylic acids is 1. The number of carbonyl (C=O) groups is 1. The first kappa shape index (κ1) is 42.9. The van der Waals surface area contributed by atoms with Crippen molar-refractivity contribution in [3.8, 4) is 22.4 Å². The fourth-order valence-electron chi connectivity index (χ4n) is 8.37. The van der Waals surface area contributed by atoms with Gasteiger partial charge in [-0.25, -0.2) is 17.6 Å². The van der Waals surface area contributed by atoms with Gasteiger partial charge in [0, 0.05) is 90.5 Å². The summed E-state index contributed by atoms with van der Waals surface area (Å²) < 4.78 is 45.7. The number of rotatable bonds is 16. The van der Waals surface area contributed by atoms with E-state index in [1.807, 2.05) is 78.8 Å². The van der Waals surface area contributed by atoms with Crippen LogP contribution in [0.25, 0.3) is 22.4 Å². The molecular weight excluding hydrogens is 820 g/mol. The smallest absolute Gasteiger partial charge is 0.338 e. The molecule has 322 valence electrons. The Morgan fingerprint density at radius 3 is 2.13 bits per heavy atom. The average molecular weight is 873 g/mol. The summed E-state index contributed by atoms with van der Waals surface area (Å²) in [6.07, 6.45) is 2.27. The zero-order valence-electron chi connectivity index (χ0n) is 35.4. The lowest BCUT2D eigenvalue weighted by Gasteiger charge is -2.37. The summed E-state index contributed by atoms with van der Waals surface area (Å²) in [6, 6.07) is 37.5. The van der Waals surface area contributed by atoms with Crippen LogP contribution >= 0.6 is 11.8 Å². The number of piperazine rings is 1. The van der Waals surface area contributed by atoms with Crippen LogP contribution in [0.4, 0.5) is 27.1 Å². The maximum absolute atomic E-state index is 13.9. The number of carboxylic acids is 1. The molecule has 62 heavy (non-hydrogen) atoms.